The van der Waals surface area contributed by atoms with E-state index in [0.717, 1.165) is 41.8 Å². The molecule has 2 saturated heterocycles. The van der Waals surface area contributed by atoms with E-state index in [1.165, 1.54) is 64.2 Å². The van der Waals surface area contributed by atoms with Crippen LogP contribution in [0.5, 0.6) is 0 Å². The average molecular weight is 520 g/mol. The van der Waals surface area contributed by atoms with E-state index in [0.29, 0.717) is 43.6 Å². The molecule has 6 heteroatoms. The summed E-state index contributed by atoms with van der Waals surface area (Å²) in [7, 11) is 0. The minimum atomic E-state index is -0.198. The first-order valence-corrected chi connectivity index (χ1v) is 15.5. The number of esters is 1. The Bertz CT molecular complexity index is 1160. The van der Waals surface area contributed by atoms with E-state index < -0.39 is 0 Å². The van der Waals surface area contributed by atoms with Crippen LogP contribution in [0.2, 0.25) is 0 Å². The Hall–Kier alpha value is -2.21. The smallest absolute Gasteiger partial charge is 0.305 e. The first-order chi connectivity index (χ1) is 18.6. The van der Waals surface area contributed by atoms with Crippen molar-refractivity contribution in [3.63, 3.8) is 0 Å². The maximum Gasteiger partial charge on any atom is 0.305 e. The van der Waals surface area contributed by atoms with Gasteiger partial charge in [0.05, 0.1) is 17.6 Å². The quantitative estimate of drug-likeness (QED) is 0.408. The summed E-state index contributed by atoms with van der Waals surface area (Å²) >= 11 is 0. The van der Waals surface area contributed by atoms with Gasteiger partial charge in [-0.05, 0) is 88.7 Å². The van der Waals surface area contributed by atoms with E-state index >= 15 is 0 Å². The summed E-state index contributed by atoms with van der Waals surface area (Å²) in [6, 6.07) is 10.3. The van der Waals surface area contributed by atoms with Crippen molar-refractivity contribution in [2.45, 2.75) is 127 Å². The van der Waals surface area contributed by atoms with Crippen LogP contribution in [0.4, 0.5) is 0 Å². The zero-order chi connectivity index (χ0) is 26.1. The lowest BCUT2D eigenvalue weighted by molar-refractivity contribution is -0.143. The van der Waals surface area contributed by atoms with Crippen molar-refractivity contribution >= 4 is 17.0 Å². The number of fused-ring (bicyclic) bond motifs is 5. The Morgan fingerprint density at radius 3 is 2.32 bits per heavy atom. The van der Waals surface area contributed by atoms with Crippen molar-refractivity contribution in [3.8, 4) is 0 Å². The molecule has 0 N–H and O–H groups in total. The fraction of sp³-hybridized carbons (Fsp3) is 0.719. The maximum absolute atomic E-state index is 13.9. The van der Waals surface area contributed by atoms with E-state index in [2.05, 4.69) is 15.5 Å². The van der Waals surface area contributed by atoms with Crippen LogP contribution in [0.1, 0.15) is 109 Å². The number of aromatic nitrogens is 2. The number of aryl methyl sites for hydroxylation is 1. The highest BCUT2D eigenvalue weighted by atomic mass is 16.5. The summed E-state index contributed by atoms with van der Waals surface area (Å²) in [6.45, 7) is 2.21. The summed E-state index contributed by atoms with van der Waals surface area (Å²) in [5, 5.41) is 0. The molecular weight excluding hydrogens is 474 g/mol. The first kappa shape index (κ1) is 26.0. The Morgan fingerprint density at radius 1 is 0.895 bits per heavy atom. The summed E-state index contributed by atoms with van der Waals surface area (Å²) < 4.78 is 7.19. The van der Waals surface area contributed by atoms with Gasteiger partial charge in [0.25, 0.3) is 5.56 Å². The molecule has 0 radical (unpaired) electrons. The third-order valence-corrected chi connectivity index (χ3v) is 10.1. The van der Waals surface area contributed by atoms with Gasteiger partial charge in [-0.25, -0.2) is 4.98 Å². The molecule has 2 aliphatic carbocycles. The molecule has 6 nitrogen and oxygen atoms in total. The zero-order valence-electron chi connectivity index (χ0n) is 23.2. The number of piperidine rings is 2. The predicted molar refractivity (Wildman–Crippen MR) is 150 cm³/mol. The summed E-state index contributed by atoms with van der Waals surface area (Å²) in [6.07, 6.45) is 17.4. The van der Waals surface area contributed by atoms with Crippen LogP contribution in [0, 0.1) is 11.8 Å². The van der Waals surface area contributed by atoms with E-state index in [1.54, 1.807) is 0 Å². The van der Waals surface area contributed by atoms with Crippen molar-refractivity contribution in [1.29, 1.82) is 0 Å². The number of hydrogen-bond donors (Lipinski definition) is 0. The number of hydrogen-bond acceptors (Lipinski definition) is 5. The van der Waals surface area contributed by atoms with Crippen LogP contribution in [-0.4, -0.2) is 45.2 Å². The monoisotopic (exact) mass is 519 g/mol. The van der Waals surface area contributed by atoms with Crippen LogP contribution >= 0.6 is 0 Å². The van der Waals surface area contributed by atoms with Crippen molar-refractivity contribution in [1.82, 2.24) is 14.5 Å². The molecule has 2 saturated carbocycles. The van der Waals surface area contributed by atoms with Gasteiger partial charge < -0.3 is 9.30 Å². The highest BCUT2D eigenvalue weighted by Gasteiger charge is 2.45. The van der Waals surface area contributed by atoms with E-state index in [-0.39, 0.29) is 17.6 Å². The fourth-order valence-corrected chi connectivity index (χ4v) is 8.67. The van der Waals surface area contributed by atoms with E-state index in [1.807, 2.05) is 25.1 Å². The van der Waals surface area contributed by atoms with Gasteiger partial charge in [-0.15, -0.1) is 0 Å². The molecule has 2 aliphatic heterocycles. The molecule has 1 aromatic carbocycles. The summed E-state index contributed by atoms with van der Waals surface area (Å²) in [4.78, 5) is 33.5. The SMILES string of the molecule is CCOC(=O)CCCc1nc2ccccc2n([C@@H]2CC3CCC[C@H](C2)N3C2CC3CCCCC(C3)C2)c1=O. The molecule has 38 heavy (non-hydrogen) atoms. The molecule has 206 valence electrons. The largest absolute Gasteiger partial charge is 0.466 e. The molecule has 4 bridgehead atoms. The molecule has 3 heterocycles. The second kappa shape index (κ2) is 11.5. The van der Waals surface area contributed by atoms with Gasteiger partial charge in [0.2, 0.25) is 0 Å². The third-order valence-electron chi connectivity index (χ3n) is 10.1. The molecule has 6 rings (SSSR count). The standard InChI is InChI=1S/C32H45N3O3/c1-2-38-31(36)16-8-14-29-32(37)35(30-15-6-5-13-28(30)33-29)27-20-24-11-7-12-25(21-27)34(24)26-18-22-9-3-4-10-23(17-22)19-26/h5-6,13,15,22-27H,2-4,7-12,14,16-21H2,1H3/t22?,23?,24-,25?,26?,27+/m1/s1. The average Bonchev–Trinajstić information content (AvgIpc) is 3.07. The molecule has 5 atom stereocenters. The number of benzene rings is 1. The second-order valence-electron chi connectivity index (χ2n) is 12.6. The van der Waals surface area contributed by atoms with Gasteiger partial charge in [0, 0.05) is 30.6 Å². The Labute approximate surface area is 227 Å². The van der Waals surface area contributed by atoms with Crippen LogP contribution in [0.25, 0.3) is 11.0 Å². The number of carbonyl (C=O) groups is 1. The second-order valence-corrected chi connectivity index (χ2v) is 12.6. The van der Waals surface area contributed by atoms with Gasteiger partial charge >= 0.3 is 5.97 Å². The first-order valence-electron chi connectivity index (χ1n) is 15.5. The van der Waals surface area contributed by atoms with Gasteiger partial charge in [-0.3, -0.25) is 14.5 Å². The zero-order valence-corrected chi connectivity index (χ0v) is 23.2. The van der Waals surface area contributed by atoms with Crippen LogP contribution < -0.4 is 5.56 Å². The van der Waals surface area contributed by atoms with Crippen molar-refractivity contribution in [2.24, 2.45) is 11.8 Å². The topological polar surface area (TPSA) is 64.4 Å². The number of nitrogens with zero attached hydrogens (tertiary/aromatic N) is 3. The minimum Gasteiger partial charge on any atom is -0.466 e. The molecule has 0 amide bonds. The Morgan fingerprint density at radius 2 is 1.61 bits per heavy atom. The van der Waals surface area contributed by atoms with Gasteiger partial charge in [0.15, 0.2) is 0 Å². The summed E-state index contributed by atoms with van der Waals surface area (Å²) in [5.41, 5.74) is 2.50. The molecule has 2 aromatic rings. The normalized spacial score (nSPS) is 31.6. The lowest BCUT2D eigenvalue weighted by Gasteiger charge is -2.54. The molecule has 4 fully saturated rings. The fourth-order valence-electron chi connectivity index (χ4n) is 8.67. The molecule has 3 unspecified atom stereocenters. The number of rotatable bonds is 7. The summed E-state index contributed by atoms with van der Waals surface area (Å²) in [5.74, 6) is 1.67. The van der Waals surface area contributed by atoms with Gasteiger partial charge in [-0.2, -0.15) is 0 Å². The number of para-hydroxylation sites is 2. The minimum absolute atomic E-state index is 0.0489. The van der Waals surface area contributed by atoms with Crippen molar-refractivity contribution in [2.75, 3.05) is 6.61 Å². The highest BCUT2D eigenvalue weighted by molar-refractivity contribution is 5.75. The number of ether oxygens (including phenoxy) is 1. The van der Waals surface area contributed by atoms with E-state index in [4.69, 9.17) is 9.72 Å². The highest BCUT2D eigenvalue weighted by Crippen LogP contribution is 2.47. The van der Waals surface area contributed by atoms with Crippen LogP contribution in [0.3, 0.4) is 0 Å². The molecule has 4 aliphatic rings. The molecule has 0 spiro atoms. The predicted octanol–water partition coefficient (Wildman–Crippen LogP) is 6.20. The van der Waals surface area contributed by atoms with Gasteiger partial charge in [-0.1, -0.05) is 44.2 Å². The number of carbonyl (C=O) groups excluding carboxylic acids is 1. The van der Waals surface area contributed by atoms with Crippen LogP contribution in [0.15, 0.2) is 29.1 Å². The Balaban J connectivity index is 1.25. The van der Waals surface area contributed by atoms with Gasteiger partial charge in [0.1, 0.15) is 5.69 Å². The lowest BCUT2D eigenvalue weighted by Crippen LogP contribution is -2.58. The molecular formula is C32H45N3O3. The van der Waals surface area contributed by atoms with Crippen molar-refractivity contribution < 1.29 is 9.53 Å². The maximum atomic E-state index is 13.9. The Kier molecular flexibility index (Phi) is 7.87. The third kappa shape index (κ3) is 5.30. The molecule has 1 aromatic heterocycles. The van der Waals surface area contributed by atoms with E-state index in [9.17, 15) is 9.59 Å². The van der Waals surface area contributed by atoms with Crippen LogP contribution in [-0.2, 0) is 16.0 Å². The van der Waals surface area contributed by atoms with Crippen molar-refractivity contribution in [3.05, 3.63) is 40.3 Å². The lowest BCUT2D eigenvalue weighted by atomic mass is 9.73.